The predicted octanol–water partition coefficient (Wildman–Crippen LogP) is 1.11. The van der Waals surface area contributed by atoms with Crippen LogP contribution in [-0.2, 0) is 16.4 Å². The Morgan fingerprint density at radius 2 is 1.79 bits per heavy atom. The Labute approximate surface area is 111 Å². The van der Waals surface area contributed by atoms with Crippen molar-refractivity contribution < 1.29 is 8.42 Å². The van der Waals surface area contributed by atoms with Crippen molar-refractivity contribution in [1.82, 2.24) is 9.78 Å². The van der Waals surface area contributed by atoms with Crippen LogP contribution < -0.4 is 5.56 Å². The smallest absolute Gasteiger partial charge is 0.266 e. The minimum absolute atomic E-state index is 0.0000274. The molecule has 0 aliphatic rings. The summed E-state index contributed by atoms with van der Waals surface area (Å²) in [6, 6.07) is 11.3. The van der Waals surface area contributed by atoms with Crippen molar-refractivity contribution in [2.75, 3.05) is 5.75 Å². The number of sulfone groups is 1. The van der Waals surface area contributed by atoms with Crippen molar-refractivity contribution in [3.05, 3.63) is 59.0 Å². The van der Waals surface area contributed by atoms with Crippen LogP contribution in [0.4, 0.5) is 0 Å². The molecule has 6 heteroatoms. The van der Waals surface area contributed by atoms with Gasteiger partial charge in [-0.2, -0.15) is 5.10 Å². The van der Waals surface area contributed by atoms with Gasteiger partial charge >= 0.3 is 0 Å². The van der Waals surface area contributed by atoms with Gasteiger partial charge in [0, 0.05) is 18.8 Å². The molecule has 0 N–H and O–H groups in total. The Balaban J connectivity index is 2.00. The molecule has 0 saturated carbocycles. The number of hydrogen-bond donors (Lipinski definition) is 0. The van der Waals surface area contributed by atoms with Crippen molar-refractivity contribution in [3.8, 4) is 0 Å². The van der Waals surface area contributed by atoms with E-state index in [9.17, 15) is 13.2 Å². The monoisotopic (exact) mass is 278 g/mol. The van der Waals surface area contributed by atoms with Crippen LogP contribution in [0.5, 0.6) is 0 Å². The van der Waals surface area contributed by atoms with Crippen LogP contribution >= 0.6 is 0 Å². The zero-order valence-electron chi connectivity index (χ0n) is 10.3. The summed E-state index contributed by atoms with van der Waals surface area (Å²) in [4.78, 5) is 11.7. The molecule has 0 aliphatic carbocycles. The maximum absolute atomic E-state index is 12.0. The van der Waals surface area contributed by atoms with Gasteiger partial charge in [0.1, 0.15) is 0 Å². The van der Waals surface area contributed by atoms with Gasteiger partial charge in [-0.25, -0.2) is 13.1 Å². The van der Waals surface area contributed by atoms with E-state index in [1.807, 2.05) is 0 Å². The average Bonchev–Trinajstić information content (AvgIpc) is 2.42. The second-order valence-electron chi connectivity index (χ2n) is 4.07. The van der Waals surface area contributed by atoms with Crippen molar-refractivity contribution >= 4 is 9.84 Å². The first-order valence-electron chi connectivity index (χ1n) is 5.89. The van der Waals surface area contributed by atoms with Crippen LogP contribution in [0, 0.1) is 0 Å². The standard InChI is InChI=1S/C13H14N2O3S/c16-13-8-4-9-14-15(13)10-5-11-19(17,18)12-6-2-1-3-7-12/h1-4,6-9H,5,10-11H2. The molecular formula is C13H14N2O3S. The van der Waals surface area contributed by atoms with Crippen LogP contribution in [0.15, 0.2) is 58.4 Å². The molecule has 0 saturated heterocycles. The van der Waals surface area contributed by atoms with Crippen molar-refractivity contribution in [2.24, 2.45) is 0 Å². The molecule has 1 aromatic carbocycles. The van der Waals surface area contributed by atoms with Crippen LogP contribution in [0.2, 0.25) is 0 Å². The molecule has 19 heavy (non-hydrogen) atoms. The number of aromatic nitrogens is 2. The Bertz CT molecular complexity index is 693. The maximum Gasteiger partial charge on any atom is 0.266 e. The first-order valence-corrected chi connectivity index (χ1v) is 7.55. The lowest BCUT2D eigenvalue weighted by Gasteiger charge is -2.05. The number of rotatable bonds is 5. The zero-order chi connectivity index (χ0) is 13.7. The summed E-state index contributed by atoms with van der Waals surface area (Å²) in [5, 5.41) is 3.88. The molecular weight excluding hydrogens is 264 g/mol. The van der Waals surface area contributed by atoms with E-state index in [1.54, 1.807) is 36.4 Å². The quantitative estimate of drug-likeness (QED) is 0.821. The molecule has 100 valence electrons. The lowest BCUT2D eigenvalue weighted by atomic mass is 10.4. The van der Waals surface area contributed by atoms with Crippen molar-refractivity contribution in [1.29, 1.82) is 0 Å². The van der Waals surface area contributed by atoms with Crippen LogP contribution in [0.25, 0.3) is 0 Å². The molecule has 0 fully saturated rings. The Kier molecular flexibility index (Phi) is 4.11. The van der Waals surface area contributed by atoms with Gasteiger partial charge in [0.15, 0.2) is 9.84 Å². The molecule has 5 nitrogen and oxygen atoms in total. The third kappa shape index (κ3) is 3.51. The molecule has 0 spiro atoms. The molecule has 0 bridgehead atoms. The fraction of sp³-hybridized carbons (Fsp3) is 0.231. The normalized spacial score (nSPS) is 11.4. The summed E-state index contributed by atoms with van der Waals surface area (Å²) in [5.74, 6) is 0.0000274. The number of hydrogen-bond acceptors (Lipinski definition) is 4. The predicted molar refractivity (Wildman–Crippen MR) is 71.6 cm³/mol. The molecule has 0 atom stereocenters. The van der Waals surface area contributed by atoms with E-state index in [0.29, 0.717) is 17.9 Å². The van der Waals surface area contributed by atoms with Gasteiger partial charge in [-0.3, -0.25) is 4.79 Å². The van der Waals surface area contributed by atoms with Crippen LogP contribution in [-0.4, -0.2) is 24.0 Å². The van der Waals surface area contributed by atoms with Gasteiger partial charge in [0.05, 0.1) is 10.6 Å². The van der Waals surface area contributed by atoms with Crippen LogP contribution in [0.3, 0.4) is 0 Å². The topological polar surface area (TPSA) is 69.0 Å². The van der Waals surface area contributed by atoms with E-state index < -0.39 is 9.84 Å². The Morgan fingerprint density at radius 1 is 1.05 bits per heavy atom. The highest BCUT2D eigenvalue weighted by atomic mass is 32.2. The van der Waals surface area contributed by atoms with Crippen LogP contribution in [0.1, 0.15) is 6.42 Å². The Morgan fingerprint density at radius 3 is 2.47 bits per heavy atom. The SMILES string of the molecule is O=c1cccnn1CCCS(=O)(=O)c1ccccc1. The van der Waals surface area contributed by atoms with E-state index in [4.69, 9.17) is 0 Å². The van der Waals surface area contributed by atoms with Gasteiger partial charge in [-0.05, 0) is 24.6 Å². The summed E-state index contributed by atoms with van der Waals surface area (Å²) in [5.41, 5.74) is -0.223. The number of aryl methyl sites for hydroxylation is 1. The maximum atomic E-state index is 12.0. The third-order valence-corrected chi connectivity index (χ3v) is 4.49. The summed E-state index contributed by atoms with van der Waals surface area (Å²) in [6.07, 6.45) is 1.86. The number of benzene rings is 1. The zero-order valence-corrected chi connectivity index (χ0v) is 11.1. The van der Waals surface area contributed by atoms with Gasteiger partial charge in [-0.15, -0.1) is 0 Å². The van der Waals surface area contributed by atoms with E-state index in [0.717, 1.165) is 0 Å². The summed E-state index contributed by atoms with van der Waals surface area (Å²) in [7, 11) is -3.29. The highest BCUT2D eigenvalue weighted by Gasteiger charge is 2.13. The second kappa shape index (κ2) is 5.79. The molecule has 1 aromatic heterocycles. The van der Waals surface area contributed by atoms with E-state index in [1.165, 1.54) is 16.9 Å². The summed E-state index contributed by atoms with van der Waals surface area (Å²) < 4.78 is 25.3. The average molecular weight is 278 g/mol. The Hall–Kier alpha value is -1.95. The lowest BCUT2D eigenvalue weighted by Crippen LogP contribution is -2.22. The molecule has 0 unspecified atom stereocenters. The molecule has 0 radical (unpaired) electrons. The molecule has 0 aliphatic heterocycles. The second-order valence-corrected chi connectivity index (χ2v) is 6.18. The van der Waals surface area contributed by atoms with Gasteiger partial charge in [-0.1, -0.05) is 18.2 Å². The summed E-state index contributed by atoms with van der Waals surface area (Å²) in [6.45, 7) is 0.297. The third-order valence-electron chi connectivity index (χ3n) is 2.67. The summed E-state index contributed by atoms with van der Waals surface area (Å²) >= 11 is 0. The minimum atomic E-state index is -3.29. The fourth-order valence-electron chi connectivity index (χ4n) is 1.71. The first kappa shape index (κ1) is 13.5. The van der Waals surface area contributed by atoms with Crippen molar-refractivity contribution in [2.45, 2.75) is 17.9 Å². The van der Waals surface area contributed by atoms with E-state index >= 15 is 0 Å². The highest BCUT2D eigenvalue weighted by Crippen LogP contribution is 2.11. The minimum Gasteiger partial charge on any atom is -0.268 e. The molecule has 0 amide bonds. The largest absolute Gasteiger partial charge is 0.268 e. The van der Waals surface area contributed by atoms with Gasteiger partial charge in [0.2, 0.25) is 0 Å². The van der Waals surface area contributed by atoms with E-state index in [2.05, 4.69) is 5.10 Å². The molecule has 1 heterocycles. The molecule has 2 rings (SSSR count). The molecule has 2 aromatic rings. The highest BCUT2D eigenvalue weighted by molar-refractivity contribution is 7.91. The van der Waals surface area contributed by atoms with Gasteiger partial charge in [0.25, 0.3) is 5.56 Å². The fourth-order valence-corrected chi connectivity index (χ4v) is 3.02. The van der Waals surface area contributed by atoms with Gasteiger partial charge < -0.3 is 0 Å². The first-order chi connectivity index (χ1) is 9.09. The van der Waals surface area contributed by atoms with E-state index in [-0.39, 0.29) is 11.3 Å². The lowest BCUT2D eigenvalue weighted by molar-refractivity contribution is 0.554. The number of nitrogens with zero attached hydrogens (tertiary/aromatic N) is 2. The van der Waals surface area contributed by atoms with Crippen molar-refractivity contribution in [3.63, 3.8) is 0 Å².